The maximum Gasteiger partial charge on any atom is 0.261 e. The van der Waals surface area contributed by atoms with Crippen molar-refractivity contribution in [1.29, 1.82) is 0 Å². The molecule has 0 atom stereocenters. The van der Waals surface area contributed by atoms with E-state index < -0.39 is 8.32 Å². The second-order valence-corrected chi connectivity index (χ2v) is 19.4. The van der Waals surface area contributed by atoms with Gasteiger partial charge in [-0.15, -0.1) is 0 Å². The molecular formula is C45H77NO13Si. The van der Waals surface area contributed by atoms with Crippen LogP contribution in [0, 0.1) is 0 Å². The van der Waals surface area contributed by atoms with Gasteiger partial charge in [0.2, 0.25) is 0 Å². The van der Waals surface area contributed by atoms with E-state index in [0.717, 1.165) is 25.9 Å². The Labute approximate surface area is 361 Å². The van der Waals surface area contributed by atoms with E-state index >= 15 is 0 Å². The first-order valence-corrected chi connectivity index (χ1v) is 23.9. The van der Waals surface area contributed by atoms with E-state index in [-0.39, 0.29) is 5.04 Å². The van der Waals surface area contributed by atoms with Gasteiger partial charge in [-0.25, -0.2) is 0 Å². The number of ether oxygens (including phenoxy) is 12. The number of nitrogens with one attached hydrogen (secondary N) is 1. The van der Waals surface area contributed by atoms with Crippen LogP contribution in [0.1, 0.15) is 33.6 Å². The lowest BCUT2D eigenvalue weighted by Crippen LogP contribution is -2.66. The zero-order valence-electron chi connectivity index (χ0n) is 37.0. The maximum atomic E-state index is 6.86. The summed E-state index contributed by atoms with van der Waals surface area (Å²) < 4.78 is 74.1. The van der Waals surface area contributed by atoms with Crippen LogP contribution >= 0.6 is 0 Å². The van der Waals surface area contributed by atoms with Crippen molar-refractivity contribution in [3.05, 3.63) is 60.7 Å². The largest absolute Gasteiger partial charge is 0.405 e. The van der Waals surface area contributed by atoms with Gasteiger partial charge in [-0.05, 0) is 41.3 Å². The Kier molecular flexibility index (Phi) is 31.1. The number of piperidine rings is 1. The first-order valence-electron chi connectivity index (χ1n) is 22.0. The molecule has 14 nitrogen and oxygen atoms in total. The van der Waals surface area contributed by atoms with Gasteiger partial charge >= 0.3 is 0 Å². The van der Waals surface area contributed by atoms with Crippen LogP contribution in [0.5, 0.6) is 0 Å². The van der Waals surface area contributed by atoms with Crippen molar-refractivity contribution >= 4 is 18.7 Å². The summed E-state index contributed by atoms with van der Waals surface area (Å²) in [5, 5.41) is 5.81. The van der Waals surface area contributed by atoms with Crippen molar-refractivity contribution in [3.8, 4) is 0 Å². The minimum absolute atomic E-state index is 0.0582. The fraction of sp³-hybridized carbons (Fsp3) is 0.733. The average Bonchev–Trinajstić information content (AvgIpc) is 3.26. The van der Waals surface area contributed by atoms with Crippen LogP contribution in [0.2, 0.25) is 5.04 Å². The Bertz CT molecular complexity index is 1190. The highest BCUT2D eigenvalue weighted by Gasteiger charge is 2.50. The molecule has 344 valence electrons. The first kappa shape index (κ1) is 52.4. The molecule has 0 amide bonds. The fourth-order valence-corrected chi connectivity index (χ4v) is 11.1. The molecule has 1 aliphatic heterocycles. The third kappa shape index (κ3) is 24.1. The van der Waals surface area contributed by atoms with Crippen LogP contribution in [-0.4, -0.2) is 186 Å². The number of rotatable bonds is 40. The summed E-state index contributed by atoms with van der Waals surface area (Å²) in [6.07, 6.45) is 2.52. The van der Waals surface area contributed by atoms with Crippen molar-refractivity contribution < 1.29 is 61.3 Å². The first-order chi connectivity index (χ1) is 29.5. The zero-order chi connectivity index (χ0) is 42.5. The van der Waals surface area contributed by atoms with Gasteiger partial charge in [0.15, 0.2) is 0 Å². The van der Waals surface area contributed by atoms with Crippen molar-refractivity contribution in [2.75, 3.05) is 172 Å². The molecule has 0 aliphatic carbocycles. The number of hydrogen-bond acceptors (Lipinski definition) is 14. The van der Waals surface area contributed by atoms with Crippen molar-refractivity contribution in [3.63, 3.8) is 0 Å². The predicted molar refractivity (Wildman–Crippen MR) is 234 cm³/mol. The Morgan fingerprint density at radius 1 is 0.400 bits per heavy atom. The Balaban J connectivity index is 0.971. The van der Waals surface area contributed by atoms with Gasteiger partial charge in [0.05, 0.1) is 165 Å². The topological polar surface area (TPSA) is 132 Å². The molecule has 1 heterocycles. The minimum atomic E-state index is -2.54. The monoisotopic (exact) mass is 868 g/mol. The smallest absolute Gasteiger partial charge is 0.261 e. The third-order valence-electron chi connectivity index (χ3n) is 9.55. The molecule has 1 aliphatic rings. The molecule has 0 saturated carbocycles. The van der Waals surface area contributed by atoms with Gasteiger partial charge in [0.1, 0.15) is 0 Å². The van der Waals surface area contributed by atoms with Crippen LogP contribution in [0.25, 0.3) is 0 Å². The third-order valence-corrected chi connectivity index (χ3v) is 14.6. The molecule has 2 aromatic rings. The number of hydrogen-bond donors (Lipinski definition) is 1. The molecule has 0 spiro atoms. The molecule has 60 heavy (non-hydrogen) atoms. The van der Waals surface area contributed by atoms with E-state index in [1.54, 1.807) is 0 Å². The summed E-state index contributed by atoms with van der Waals surface area (Å²) in [5.74, 6) is 0. The Morgan fingerprint density at radius 3 is 0.950 bits per heavy atom. The van der Waals surface area contributed by atoms with E-state index in [1.165, 1.54) is 10.4 Å². The summed E-state index contributed by atoms with van der Waals surface area (Å²) in [6, 6.07) is 21.3. The van der Waals surface area contributed by atoms with Crippen LogP contribution in [-0.2, 0) is 61.3 Å². The second kappa shape index (κ2) is 35.5. The molecular weight excluding hydrogens is 791 g/mol. The molecule has 0 bridgehead atoms. The Morgan fingerprint density at radius 2 is 0.667 bits per heavy atom. The number of benzene rings is 2. The van der Waals surface area contributed by atoms with Crippen molar-refractivity contribution in [2.24, 2.45) is 0 Å². The van der Waals surface area contributed by atoms with Gasteiger partial charge in [0, 0.05) is 0 Å². The highest BCUT2D eigenvalue weighted by atomic mass is 28.4. The van der Waals surface area contributed by atoms with Gasteiger partial charge in [-0.1, -0.05) is 81.4 Å². The molecule has 1 fully saturated rings. The van der Waals surface area contributed by atoms with Crippen LogP contribution in [0.4, 0.5) is 0 Å². The second-order valence-electron chi connectivity index (χ2n) is 15.1. The lowest BCUT2D eigenvalue weighted by atomic mass is 10.1. The van der Waals surface area contributed by atoms with E-state index in [0.29, 0.717) is 165 Å². The lowest BCUT2D eigenvalue weighted by molar-refractivity contribution is -0.0326. The molecule has 0 aromatic heterocycles. The van der Waals surface area contributed by atoms with Crippen molar-refractivity contribution in [2.45, 2.75) is 44.8 Å². The van der Waals surface area contributed by atoms with E-state index in [1.807, 2.05) is 0 Å². The molecule has 3 rings (SSSR count). The van der Waals surface area contributed by atoms with E-state index in [2.05, 4.69) is 86.8 Å². The average molecular weight is 868 g/mol. The standard InChI is InChI=1S/C45H77NO13Si/c1-45(2,3)60(43-10-6-4-7-11-43,44-12-8-5-9-13-44)59-41-39-57-37-35-55-33-31-53-29-27-51-25-23-49-21-19-47-18-20-48-22-24-50-26-28-52-30-32-54-34-36-56-38-40-58-42-14-16-46-17-15-42/h4-13,42,46H,14-41H2,1-3H3. The highest BCUT2D eigenvalue weighted by molar-refractivity contribution is 6.99. The summed E-state index contributed by atoms with van der Waals surface area (Å²) in [4.78, 5) is 0. The molecule has 2 aromatic carbocycles. The molecule has 15 heteroatoms. The molecule has 1 N–H and O–H groups in total. The normalized spacial score (nSPS) is 14.0. The summed E-state index contributed by atoms with van der Waals surface area (Å²) >= 11 is 0. The quantitative estimate of drug-likeness (QED) is 0.0775. The Hall–Kier alpha value is -1.90. The van der Waals surface area contributed by atoms with Gasteiger partial charge in [0.25, 0.3) is 8.32 Å². The summed E-state index contributed by atoms with van der Waals surface area (Å²) in [6.45, 7) is 21.5. The van der Waals surface area contributed by atoms with Crippen molar-refractivity contribution in [1.82, 2.24) is 5.32 Å². The highest BCUT2D eigenvalue weighted by Crippen LogP contribution is 2.36. The fourth-order valence-electron chi connectivity index (χ4n) is 6.55. The molecule has 0 unspecified atom stereocenters. The summed E-state index contributed by atoms with van der Waals surface area (Å²) in [5.41, 5.74) is 0. The molecule has 1 saturated heterocycles. The van der Waals surface area contributed by atoms with Gasteiger partial charge in [-0.3, -0.25) is 0 Å². The van der Waals surface area contributed by atoms with Crippen LogP contribution < -0.4 is 15.7 Å². The van der Waals surface area contributed by atoms with Gasteiger partial charge < -0.3 is 66.6 Å². The SMILES string of the molecule is CC(C)(C)[Si](OCCOCCOCCOCCOCCOCCOCCOCCOCCOCCOCCOCCOC1CCNCC1)(c1ccccc1)c1ccccc1. The van der Waals surface area contributed by atoms with Gasteiger partial charge in [-0.2, -0.15) is 0 Å². The van der Waals surface area contributed by atoms with E-state index in [4.69, 9.17) is 61.3 Å². The predicted octanol–water partition coefficient (Wildman–Crippen LogP) is 3.51. The van der Waals surface area contributed by atoms with E-state index in [9.17, 15) is 0 Å². The van der Waals surface area contributed by atoms with Crippen LogP contribution in [0.3, 0.4) is 0 Å². The zero-order valence-corrected chi connectivity index (χ0v) is 38.0. The minimum Gasteiger partial charge on any atom is -0.405 e. The lowest BCUT2D eigenvalue weighted by Gasteiger charge is -2.43. The molecule has 0 radical (unpaired) electrons. The van der Waals surface area contributed by atoms with Crippen LogP contribution in [0.15, 0.2) is 60.7 Å². The summed E-state index contributed by atoms with van der Waals surface area (Å²) in [7, 11) is -2.54. The maximum absolute atomic E-state index is 6.86.